The summed E-state index contributed by atoms with van der Waals surface area (Å²) < 4.78 is 47.9. The van der Waals surface area contributed by atoms with Gasteiger partial charge in [-0.25, -0.2) is 0 Å². The van der Waals surface area contributed by atoms with E-state index >= 15 is 0 Å². The SMILES string of the molecule is COc1cc(/C=C/c2cccc(-c3ccccc3)c2C)c(C(F)(F)F)cc1CN1CCCCC1C(=O)O. The Kier molecular flexibility index (Phi) is 8.03. The molecule has 0 aromatic heterocycles. The second-order valence-corrected chi connectivity index (χ2v) is 9.29. The summed E-state index contributed by atoms with van der Waals surface area (Å²) in [6, 6.07) is 17.4. The van der Waals surface area contributed by atoms with E-state index in [4.69, 9.17) is 4.74 Å². The van der Waals surface area contributed by atoms with Crippen LogP contribution in [0.15, 0.2) is 60.7 Å². The zero-order valence-electron chi connectivity index (χ0n) is 20.9. The lowest BCUT2D eigenvalue weighted by atomic mass is 9.95. The third-order valence-corrected chi connectivity index (χ3v) is 6.93. The molecule has 1 atom stereocenters. The Morgan fingerprint density at radius 2 is 1.78 bits per heavy atom. The molecule has 1 N–H and O–H groups in total. The van der Waals surface area contributed by atoms with Gasteiger partial charge in [0, 0.05) is 12.1 Å². The van der Waals surface area contributed by atoms with Crippen molar-refractivity contribution in [1.29, 1.82) is 0 Å². The van der Waals surface area contributed by atoms with Crippen LogP contribution in [0, 0.1) is 6.92 Å². The molecule has 0 spiro atoms. The van der Waals surface area contributed by atoms with Gasteiger partial charge in [-0.1, -0.05) is 67.1 Å². The van der Waals surface area contributed by atoms with Gasteiger partial charge in [0.25, 0.3) is 0 Å². The van der Waals surface area contributed by atoms with Crippen LogP contribution < -0.4 is 4.74 Å². The Bertz CT molecular complexity index is 1290. The van der Waals surface area contributed by atoms with E-state index in [2.05, 4.69) is 0 Å². The van der Waals surface area contributed by atoms with E-state index < -0.39 is 23.8 Å². The van der Waals surface area contributed by atoms with Gasteiger partial charge in [-0.15, -0.1) is 0 Å². The minimum Gasteiger partial charge on any atom is -0.496 e. The van der Waals surface area contributed by atoms with Gasteiger partial charge in [0.15, 0.2) is 0 Å². The lowest BCUT2D eigenvalue weighted by Crippen LogP contribution is -2.44. The van der Waals surface area contributed by atoms with Crippen LogP contribution in [0.2, 0.25) is 0 Å². The summed E-state index contributed by atoms with van der Waals surface area (Å²) in [5.74, 6) is -0.653. The number of carboxylic acids is 1. The van der Waals surface area contributed by atoms with Gasteiger partial charge >= 0.3 is 12.1 Å². The first-order valence-corrected chi connectivity index (χ1v) is 12.3. The Labute approximate surface area is 215 Å². The molecule has 194 valence electrons. The fourth-order valence-electron chi connectivity index (χ4n) is 4.96. The number of piperidine rings is 1. The molecule has 3 aromatic rings. The largest absolute Gasteiger partial charge is 0.496 e. The van der Waals surface area contributed by atoms with E-state index in [1.165, 1.54) is 19.3 Å². The van der Waals surface area contributed by atoms with Gasteiger partial charge in [-0.05, 0) is 66.3 Å². The molecule has 0 saturated carbocycles. The van der Waals surface area contributed by atoms with Crippen LogP contribution >= 0.6 is 0 Å². The second-order valence-electron chi connectivity index (χ2n) is 9.29. The van der Waals surface area contributed by atoms with Gasteiger partial charge in [-0.2, -0.15) is 13.2 Å². The molecular formula is C30H30F3NO3. The Morgan fingerprint density at radius 1 is 1.05 bits per heavy atom. The molecular weight excluding hydrogens is 479 g/mol. The summed E-state index contributed by atoms with van der Waals surface area (Å²) in [4.78, 5) is 13.4. The second kappa shape index (κ2) is 11.2. The summed E-state index contributed by atoms with van der Waals surface area (Å²) in [6.07, 6.45) is 0.638. The molecule has 1 saturated heterocycles. The monoisotopic (exact) mass is 509 g/mol. The number of halogens is 3. The average molecular weight is 510 g/mol. The molecule has 4 nitrogen and oxygen atoms in total. The van der Waals surface area contributed by atoms with Crippen molar-refractivity contribution in [2.45, 2.75) is 44.9 Å². The van der Waals surface area contributed by atoms with Crippen molar-refractivity contribution >= 4 is 18.1 Å². The van der Waals surface area contributed by atoms with Crippen LogP contribution in [0.5, 0.6) is 5.75 Å². The molecule has 1 heterocycles. The standard InChI is InChI=1S/C30H30F3NO3/c1-20-21(11-8-12-25(20)22-9-4-3-5-10-22)14-15-23-18-28(37-2)24(17-26(23)30(31,32)33)19-34-16-7-6-13-27(34)29(35)36/h3-5,8-12,14-15,17-18,27H,6-7,13,16,19H2,1-2H3,(H,35,36)/b15-14+. The van der Waals surface area contributed by atoms with Crippen LogP contribution in [0.25, 0.3) is 23.3 Å². The Balaban J connectivity index is 1.71. The maximum absolute atomic E-state index is 14.2. The molecule has 0 amide bonds. The van der Waals surface area contributed by atoms with Crippen molar-refractivity contribution in [3.05, 3.63) is 88.5 Å². The third-order valence-electron chi connectivity index (χ3n) is 6.93. The number of alkyl halides is 3. The highest BCUT2D eigenvalue weighted by Gasteiger charge is 2.35. The summed E-state index contributed by atoms with van der Waals surface area (Å²) in [7, 11) is 1.41. The first-order chi connectivity index (χ1) is 17.7. The maximum atomic E-state index is 14.2. The maximum Gasteiger partial charge on any atom is 0.417 e. The predicted molar refractivity (Wildman–Crippen MR) is 139 cm³/mol. The van der Waals surface area contributed by atoms with Crippen molar-refractivity contribution in [2.24, 2.45) is 0 Å². The number of likely N-dealkylation sites (tertiary alicyclic amines) is 1. The van der Waals surface area contributed by atoms with E-state index in [0.29, 0.717) is 24.3 Å². The van der Waals surface area contributed by atoms with E-state index in [1.54, 1.807) is 11.0 Å². The molecule has 1 fully saturated rings. The Morgan fingerprint density at radius 3 is 2.46 bits per heavy atom. The van der Waals surface area contributed by atoms with Crippen molar-refractivity contribution in [2.75, 3.05) is 13.7 Å². The highest BCUT2D eigenvalue weighted by Crippen LogP contribution is 2.38. The summed E-state index contributed by atoms with van der Waals surface area (Å²) >= 11 is 0. The van der Waals surface area contributed by atoms with Crippen molar-refractivity contribution in [1.82, 2.24) is 4.90 Å². The average Bonchev–Trinajstić information content (AvgIpc) is 2.88. The molecule has 0 radical (unpaired) electrons. The number of nitrogens with zero attached hydrogens (tertiary/aromatic N) is 1. The molecule has 0 bridgehead atoms. The zero-order valence-corrected chi connectivity index (χ0v) is 20.9. The minimum atomic E-state index is -4.59. The van der Waals surface area contributed by atoms with Gasteiger partial charge in [-0.3, -0.25) is 9.69 Å². The van der Waals surface area contributed by atoms with Crippen LogP contribution in [-0.4, -0.2) is 35.7 Å². The van der Waals surface area contributed by atoms with Gasteiger partial charge in [0.2, 0.25) is 0 Å². The molecule has 7 heteroatoms. The number of methoxy groups -OCH3 is 1. The van der Waals surface area contributed by atoms with E-state index in [-0.39, 0.29) is 12.1 Å². The molecule has 0 aliphatic carbocycles. The molecule has 1 aliphatic heterocycles. The molecule has 4 rings (SSSR count). The number of aliphatic carboxylic acids is 1. The van der Waals surface area contributed by atoms with Crippen molar-refractivity contribution in [3.63, 3.8) is 0 Å². The number of carbonyl (C=O) groups is 1. The number of benzene rings is 3. The highest BCUT2D eigenvalue weighted by molar-refractivity contribution is 5.78. The molecule has 37 heavy (non-hydrogen) atoms. The first kappa shape index (κ1) is 26.5. The first-order valence-electron chi connectivity index (χ1n) is 12.3. The Hall–Kier alpha value is -3.58. The topological polar surface area (TPSA) is 49.8 Å². The fourth-order valence-corrected chi connectivity index (χ4v) is 4.96. The summed E-state index contributed by atoms with van der Waals surface area (Å²) in [6.45, 7) is 2.54. The van der Waals surface area contributed by atoms with Crippen LogP contribution in [0.1, 0.15) is 47.1 Å². The number of hydrogen-bond acceptors (Lipinski definition) is 3. The van der Waals surface area contributed by atoms with E-state index in [9.17, 15) is 23.1 Å². The number of rotatable bonds is 7. The normalized spacial score (nSPS) is 16.7. The smallest absolute Gasteiger partial charge is 0.417 e. The molecule has 3 aromatic carbocycles. The van der Waals surface area contributed by atoms with Gasteiger partial charge in [0.05, 0.1) is 12.7 Å². The fraction of sp³-hybridized carbons (Fsp3) is 0.300. The number of carboxylic acid groups (broad SMARTS) is 1. The van der Waals surface area contributed by atoms with Gasteiger partial charge in [0.1, 0.15) is 11.8 Å². The quantitative estimate of drug-likeness (QED) is 0.340. The van der Waals surface area contributed by atoms with Gasteiger partial charge < -0.3 is 9.84 Å². The lowest BCUT2D eigenvalue weighted by Gasteiger charge is -2.33. The zero-order chi connectivity index (χ0) is 26.6. The van der Waals surface area contributed by atoms with E-state index in [0.717, 1.165) is 41.2 Å². The molecule has 1 unspecified atom stereocenters. The highest BCUT2D eigenvalue weighted by atomic mass is 19.4. The van der Waals surface area contributed by atoms with Crippen LogP contribution in [0.4, 0.5) is 13.2 Å². The lowest BCUT2D eigenvalue weighted by molar-refractivity contribution is -0.145. The number of ether oxygens (including phenoxy) is 1. The molecule has 1 aliphatic rings. The van der Waals surface area contributed by atoms with Crippen LogP contribution in [-0.2, 0) is 17.5 Å². The number of hydrogen-bond donors (Lipinski definition) is 1. The minimum absolute atomic E-state index is 0.00829. The van der Waals surface area contributed by atoms with Crippen LogP contribution in [0.3, 0.4) is 0 Å². The third kappa shape index (κ3) is 6.05. The van der Waals surface area contributed by atoms with Crippen molar-refractivity contribution in [3.8, 4) is 16.9 Å². The van der Waals surface area contributed by atoms with Crippen molar-refractivity contribution < 1.29 is 27.8 Å². The summed E-state index contributed by atoms with van der Waals surface area (Å²) in [5, 5.41) is 9.57. The van der Waals surface area contributed by atoms with E-state index in [1.807, 2.05) is 55.5 Å². The predicted octanol–water partition coefficient (Wildman–Crippen LogP) is 7.30. The summed E-state index contributed by atoms with van der Waals surface area (Å²) in [5.41, 5.74) is 3.37.